The van der Waals surface area contributed by atoms with E-state index in [1.165, 1.54) is 0 Å². The molecule has 0 aliphatic heterocycles. The van der Waals surface area contributed by atoms with Crippen LogP contribution in [0.4, 0.5) is 0 Å². The second kappa shape index (κ2) is 9.61. The highest BCUT2D eigenvalue weighted by atomic mass is 35.5. The van der Waals surface area contributed by atoms with E-state index in [0.717, 1.165) is 17.7 Å². The lowest BCUT2D eigenvalue weighted by atomic mass is 10.2. The number of ether oxygens (including phenoxy) is 1. The smallest absolute Gasteiger partial charge is 0.222 e. The summed E-state index contributed by atoms with van der Waals surface area (Å²) in [6, 6.07) is 7.97. The minimum absolute atomic E-state index is 0. The van der Waals surface area contributed by atoms with Gasteiger partial charge in [0.25, 0.3) is 0 Å². The number of nitrogens with zero attached hydrogens (tertiary/aromatic N) is 1. The van der Waals surface area contributed by atoms with E-state index in [0.29, 0.717) is 19.6 Å². The fourth-order valence-electron chi connectivity index (χ4n) is 1.70. The molecule has 20 heavy (non-hydrogen) atoms. The summed E-state index contributed by atoms with van der Waals surface area (Å²) in [7, 11) is 1.79. The van der Waals surface area contributed by atoms with Crippen LogP contribution in [0.2, 0.25) is 0 Å². The van der Waals surface area contributed by atoms with Gasteiger partial charge in [0.1, 0.15) is 5.75 Å². The third-order valence-corrected chi connectivity index (χ3v) is 3.28. The Kier molecular flexibility index (Phi) is 9.01. The molecule has 0 aliphatic carbocycles. The van der Waals surface area contributed by atoms with Crippen molar-refractivity contribution in [3.05, 3.63) is 29.8 Å². The van der Waals surface area contributed by atoms with E-state index in [1.807, 2.05) is 38.1 Å². The average Bonchev–Trinajstić information content (AvgIpc) is 2.43. The van der Waals surface area contributed by atoms with Gasteiger partial charge < -0.3 is 15.4 Å². The topological polar surface area (TPSA) is 55.6 Å². The lowest BCUT2D eigenvalue weighted by molar-refractivity contribution is -0.131. The van der Waals surface area contributed by atoms with E-state index in [-0.39, 0.29) is 24.4 Å². The molecule has 0 saturated heterocycles. The number of nitrogens with two attached hydrogens (primary N) is 1. The molecule has 0 spiro atoms. The van der Waals surface area contributed by atoms with Crippen molar-refractivity contribution in [1.29, 1.82) is 0 Å². The molecule has 0 radical (unpaired) electrons. The van der Waals surface area contributed by atoms with Crippen LogP contribution in [0.25, 0.3) is 0 Å². The highest BCUT2D eigenvalue weighted by Crippen LogP contribution is 2.16. The molecule has 4 nitrogen and oxygen atoms in total. The van der Waals surface area contributed by atoms with Gasteiger partial charge in [0.2, 0.25) is 5.91 Å². The third kappa shape index (κ3) is 5.80. The lowest BCUT2D eigenvalue weighted by Gasteiger charge is -2.23. The average molecular weight is 301 g/mol. The number of amides is 1. The molecule has 0 aliphatic rings. The molecular weight excluding hydrogens is 276 g/mol. The molecule has 0 bridgehead atoms. The van der Waals surface area contributed by atoms with Crippen molar-refractivity contribution in [1.82, 2.24) is 4.90 Å². The Morgan fingerprint density at radius 1 is 1.40 bits per heavy atom. The van der Waals surface area contributed by atoms with E-state index in [2.05, 4.69) is 0 Å². The predicted molar refractivity (Wildman–Crippen MR) is 84.4 cm³/mol. The van der Waals surface area contributed by atoms with Gasteiger partial charge >= 0.3 is 0 Å². The van der Waals surface area contributed by atoms with Crippen molar-refractivity contribution in [2.45, 2.75) is 32.7 Å². The summed E-state index contributed by atoms with van der Waals surface area (Å²) in [6.45, 7) is 5.00. The molecule has 1 unspecified atom stereocenters. The fourth-order valence-corrected chi connectivity index (χ4v) is 1.70. The van der Waals surface area contributed by atoms with Crippen molar-refractivity contribution in [3.63, 3.8) is 0 Å². The van der Waals surface area contributed by atoms with Crippen molar-refractivity contribution >= 4 is 18.3 Å². The summed E-state index contributed by atoms with van der Waals surface area (Å²) in [6.07, 6.45) is 1.21. The highest BCUT2D eigenvalue weighted by molar-refractivity contribution is 5.85. The van der Waals surface area contributed by atoms with E-state index in [1.54, 1.807) is 11.9 Å². The second-order valence-corrected chi connectivity index (χ2v) is 4.81. The van der Waals surface area contributed by atoms with Crippen LogP contribution >= 0.6 is 12.4 Å². The lowest BCUT2D eigenvalue weighted by Crippen LogP contribution is -2.39. The molecule has 2 N–H and O–H groups in total. The first-order chi connectivity index (χ1) is 9.06. The van der Waals surface area contributed by atoms with Crippen LogP contribution in [0.1, 0.15) is 25.3 Å². The summed E-state index contributed by atoms with van der Waals surface area (Å²) < 4.78 is 5.66. The summed E-state index contributed by atoms with van der Waals surface area (Å²) >= 11 is 0. The fraction of sp³-hybridized carbons (Fsp3) is 0.533. The Morgan fingerprint density at radius 3 is 2.65 bits per heavy atom. The molecule has 0 aromatic heterocycles. The summed E-state index contributed by atoms with van der Waals surface area (Å²) in [5.41, 5.74) is 6.65. The number of rotatable bonds is 7. The van der Waals surface area contributed by atoms with Gasteiger partial charge in [-0.25, -0.2) is 0 Å². The number of carbonyl (C=O) groups excluding carboxylic acids is 1. The maximum atomic E-state index is 11.8. The van der Waals surface area contributed by atoms with Crippen molar-refractivity contribution in [3.8, 4) is 5.75 Å². The highest BCUT2D eigenvalue weighted by Gasteiger charge is 2.13. The van der Waals surface area contributed by atoms with Crippen LogP contribution in [0.3, 0.4) is 0 Å². The Bertz CT molecular complexity index is 413. The maximum Gasteiger partial charge on any atom is 0.222 e. The van der Waals surface area contributed by atoms with E-state index in [9.17, 15) is 4.79 Å². The van der Waals surface area contributed by atoms with Crippen LogP contribution in [-0.2, 0) is 4.79 Å². The Hall–Kier alpha value is -1.26. The number of benzene rings is 1. The molecular formula is C15H25ClN2O2. The van der Waals surface area contributed by atoms with Crippen LogP contribution in [0, 0.1) is 6.92 Å². The standard InChI is InChI=1S/C15H24N2O2.ClH/c1-12-7-4-5-8-14(12)19-10-6-9-15(18)17(3)13(2)11-16;/h4-5,7-8,13H,6,9-11,16H2,1-3H3;1H. The molecule has 1 aromatic rings. The van der Waals surface area contributed by atoms with Gasteiger partial charge in [-0.05, 0) is 31.9 Å². The van der Waals surface area contributed by atoms with E-state index in [4.69, 9.17) is 10.5 Å². The van der Waals surface area contributed by atoms with Crippen LogP contribution in [-0.4, -0.2) is 37.0 Å². The molecule has 0 saturated carbocycles. The number of carbonyl (C=O) groups is 1. The number of para-hydroxylation sites is 1. The molecule has 1 rings (SSSR count). The third-order valence-electron chi connectivity index (χ3n) is 3.28. The summed E-state index contributed by atoms with van der Waals surface area (Å²) in [5, 5.41) is 0. The Morgan fingerprint density at radius 2 is 2.05 bits per heavy atom. The molecule has 0 fully saturated rings. The zero-order chi connectivity index (χ0) is 14.3. The summed E-state index contributed by atoms with van der Waals surface area (Å²) in [5.74, 6) is 1.00. The largest absolute Gasteiger partial charge is 0.493 e. The van der Waals surface area contributed by atoms with Crippen LogP contribution in [0.5, 0.6) is 5.75 Å². The van der Waals surface area contributed by atoms with Crippen molar-refractivity contribution in [2.75, 3.05) is 20.2 Å². The Balaban J connectivity index is 0.00000361. The predicted octanol–water partition coefficient (Wildman–Crippen LogP) is 2.38. The van der Waals surface area contributed by atoms with Gasteiger partial charge in [-0.1, -0.05) is 18.2 Å². The van der Waals surface area contributed by atoms with E-state index >= 15 is 0 Å². The molecule has 1 aromatic carbocycles. The molecule has 114 valence electrons. The minimum atomic E-state index is 0. The molecule has 1 atom stereocenters. The zero-order valence-electron chi connectivity index (χ0n) is 12.5. The maximum absolute atomic E-state index is 11.8. The summed E-state index contributed by atoms with van der Waals surface area (Å²) in [4.78, 5) is 13.5. The number of halogens is 1. The van der Waals surface area contributed by atoms with Crippen molar-refractivity contribution < 1.29 is 9.53 Å². The van der Waals surface area contributed by atoms with Gasteiger partial charge in [-0.15, -0.1) is 12.4 Å². The van der Waals surface area contributed by atoms with Crippen LogP contribution in [0.15, 0.2) is 24.3 Å². The normalized spacial score (nSPS) is 11.4. The first-order valence-corrected chi connectivity index (χ1v) is 6.70. The van der Waals surface area contributed by atoms with Gasteiger partial charge in [-0.2, -0.15) is 0 Å². The van der Waals surface area contributed by atoms with E-state index < -0.39 is 0 Å². The monoisotopic (exact) mass is 300 g/mol. The second-order valence-electron chi connectivity index (χ2n) is 4.81. The van der Waals surface area contributed by atoms with Crippen LogP contribution < -0.4 is 10.5 Å². The number of likely N-dealkylation sites (N-methyl/N-ethyl adjacent to an activating group) is 1. The molecule has 1 amide bonds. The number of hydrogen-bond acceptors (Lipinski definition) is 3. The van der Waals surface area contributed by atoms with Gasteiger partial charge in [0, 0.05) is 26.1 Å². The van der Waals surface area contributed by atoms with Crippen molar-refractivity contribution in [2.24, 2.45) is 5.73 Å². The first kappa shape index (κ1) is 18.7. The quantitative estimate of drug-likeness (QED) is 0.787. The number of aryl methyl sites for hydroxylation is 1. The van der Waals surface area contributed by atoms with Gasteiger partial charge in [0.05, 0.1) is 6.61 Å². The number of hydrogen-bond donors (Lipinski definition) is 1. The molecule has 0 heterocycles. The van der Waals surface area contributed by atoms with Gasteiger partial charge in [-0.3, -0.25) is 4.79 Å². The van der Waals surface area contributed by atoms with Gasteiger partial charge in [0.15, 0.2) is 0 Å². The minimum Gasteiger partial charge on any atom is -0.493 e. The SMILES string of the molecule is Cc1ccccc1OCCCC(=O)N(C)C(C)CN.Cl. The first-order valence-electron chi connectivity index (χ1n) is 6.70. The zero-order valence-corrected chi connectivity index (χ0v) is 13.3. The Labute approximate surface area is 127 Å². The molecule has 5 heteroatoms.